The van der Waals surface area contributed by atoms with E-state index in [1.165, 1.54) is 5.56 Å². The summed E-state index contributed by atoms with van der Waals surface area (Å²) in [6.45, 7) is 9.27. The smallest absolute Gasteiger partial charge is 0.138 e. The fourth-order valence-corrected chi connectivity index (χ4v) is 2.95. The molecular weight excluding hydrogens is 358 g/mol. The van der Waals surface area contributed by atoms with E-state index in [1.807, 2.05) is 19.9 Å². The molecule has 0 heterocycles. The normalized spacial score (nSPS) is 12.8. The Morgan fingerprint density at radius 3 is 2.44 bits per heavy atom. The number of nitrogens with one attached hydrogen (secondary N) is 1. The van der Waals surface area contributed by atoms with E-state index in [0.29, 0.717) is 6.04 Å². The van der Waals surface area contributed by atoms with Gasteiger partial charge in [0, 0.05) is 22.6 Å². The first-order chi connectivity index (χ1) is 8.43. The summed E-state index contributed by atoms with van der Waals surface area (Å²) < 4.78 is 7.94. The van der Waals surface area contributed by atoms with Gasteiger partial charge in [-0.25, -0.2) is 0 Å². The van der Waals surface area contributed by atoms with E-state index < -0.39 is 0 Å². The van der Waals surface area contributed by atoms with E-state index in [1.54, 1.807) is 0 Å². The summed E-state index contributed by atoms with van der Waals surface area (Å²) in [6.07, 6.45) is 1.29. The number of hydrogen-bond donors (Lipinski definition) is 1. The lowest BCUT2D eigenvalue weighted by Gasteiger charge is -2.18. The molecule has 0 aromatic heterocycles. The minimum absolute atomic E-state index is 0.171. The maximum Gasteiger partial charge on any atom is 0.138 e. The SMILES string of the molecule is CC[C@@H](C)NCc1cc(Br)cc(Br)c1OC(C)C. The van der Waals surface area contributed by atoms with Crippen LogP contribution >= 0.6 is 31.9 Å². The molecule has 0 amide bonds. The number of halogens is 2. The van der Waals surface area contributed by atoms with Gasteiger partial charge in [-0.1, -0.05) is 22.9 Å². The van der Waals surface area contributed by atoms with Crippen molar-refractivity contribution in [1.82, 2.24) is 5.32 Å². The summed E-state index contributed by atoms with van der Waals surface area (Å²) in [5.41, 5.74) is 1.17. The van der Waals surface area contributed by atoms with Crippen molar-refractivity contribution in [1.29, 1.82) is 0 Å². The second-order valence-electron chi connectivity index (χ2n) is 4.73. The molecule has 0 fully saturated rings. The molecule has 102 valence electrons. The quantitative estimate of drug-likeness (QED) is 0.760. The highest BCUT2D eigenvalue weighted by Crippen LogP contribution is 2.33. The van der Waals surface area contributed by atoms with Gasteiger partial charge in [-0.2, -0.15) is 0 Å². The Morgan fingerprint density at radius 2 is 1.89 bits per heavy atom. The molecule has 2 nitrogen and oxygen atoms in total. The van der Waals surface area contributed by atoms with Crippen molar-refractivity contribution in [2.75, 3.05) is 0 Å². The molecule has 4 heteroatoms. The predicted molar refractivity (Wildman–Crippen MR) is 84.2 cm³/mol. The van der Waals surface area contributed by atoms with Crippen molar-refractivity contribution >= 4 is 31.9 Å². The maximum absolute atomic E-state index is 5.89. The van der Waals surface area contributed by atoms with Gasteiger partial charge in [-0.3, -0.25) is 0 Å². The van der Waals surface area contributed by atoms with E-state index in [2.05, 4.69) is 57.1 Å². The highest BCUT2D eigenvalue weighted by atomic mass is 79.9. The van der Waals surface area contributed by atoms with Gasteiger partial charge in [0.2, 0.25) is 0 Å². The molecule has 0 spiro atoms. The molecule has 0 saturated carbocycles. The molecule has 0 aliphatic rings. The molecule has 0 aliphatic carbocycles. The Balaban J connectivity index is 2.92. The number of ether oxygens (including phenoxy) is 1. The zero-order valence-electron chi connectivity index (χ0n) is 11.4. The highest BCUT2D eigenvalue weighted by Gasteiger charge is 2.12. The van der Waals surface area contributed by atoms with Crippen molar-refractivity contribution in [3.8, 4) is 5.75 Å². The molecule has 1 aromatic carbocycles. The Bertz CT molecular complexity index is 394. The average molecular weight is 379 g/mol. The van der Waals surface area contributed by atoms with Crippen LogP contribution in [0.3, 0.4) is 0 Å². The summed E-state index contributed by atoms with van der Waals surface area (Å²) in [5.74, 6) is 0.934. The van der Waals surface area contributed by atoms with E-state index in [0.717, 1.165) is 27.7 Å². The zero-order valence-corrected chi connectivity index (χ0v) is 14.6. The van der Waals surface area contributed by atoms with Gasteiger partial charge < -0.3 is 10.1 Å². The van der Waals surface area contributed by atoms with E-state index in [-0.39, 0.29) is 6.10 Å². The Labute approximate surface area is 127 Å². The molecule has 1 N–H and O–H groups in total. The van der Waals surface area contributed by atoms with Crippen LogP contribution in [-0.2, 0) is 6.54 Å². The van der Waals surface area contributed by atoms with Gasteiger partial charge in [0.25, 0.3) is 0 Å². The van der Waals surface area contributed by atoms with Gasteiger partial charge in [-0.05, 0) is 55.3 Å². The maximum atomic E-state index is 5.89. The topological polar surface area (TPSA) is 21.3 Å². The third-order valence-electron chi connectivity index (χ3n) is 2.69. The van der Waals surface area contributed by atoms with Gasteiger partial charge >= 0.3 is 0 Å². The van der Waals surface area contributed by atoms with Gasteiger partial charge in [0.15, 0.2) is 0 Å². The number of benzene rings is 1. The van der Waals surface area contributed by atoms with Crippen molar-refractivity contribution in [2.24, 2.45) is 0 Å². The second-order valence-corrected chi connectivity index (χ2v) is 6.50. The first-order valence-corrected chi connectivity index (χ1v) is 7.90. The molecule has 0 unspecified atom stereocenters. The summed E-state index contributed by atoms with van der Waals surface area (Å²) >= 11 is 7.09. The molecule has 1 aromatic rings. The van der Waals surface area contributed by atoms with Crippen LogP contribution in [-0.4, -0.2) is 12.1 Å². The zero-order chi connectivity index (χ0) is 13.7. The van der Waals surface area contributed by atoms with Crippen molar-refractivity contribution in [3.63, 3.8) is 0 Å². The molecule has 0 bridgehead atoms. The fourth-order valence-electron chi connectivity index (χ4n) is 1.54. The van der Waals surface area contributed by atoms with Crippen LogP contribution in [0.1, 0.15) is 39.7 Å². The summed E-state index contributed by atoms with van der Waals surface area (Å²) in [4.78, 5) is 0. The summed E-state index contributed by atoms with van der Waals surface area (Å²) in [6, 6.07) is 4.64. The molecule has 0 radical (unpaired) electrons. The molecule has 0 aliphatic heterocycles. The highest BCUT2D eigenvalue weighted by molar-refractivity contribution is 9.11. The largest absolute Gasteiger partial charge is 0.489 e. The van der Waals surface area contributed by atoms with Gasteiger partial charge in [-0.15, -0.1) is 0 Å². The predicted octanol–water partition coefficient (Wildman–Crippen LogP) is 4.89. The van der Waals surface area contributed by atoms with E-state index in [4.69, 9.17) is 4.74 Å². The van der Waals surface area contributed by atoms with E-state index >= 15 is 0 Å². The standard InChI is InChI=1S/C14H21Br2NO/c1-5-10(4)17-8-11-6-12(15)7-13(16)14(11)18-9(2)3/h6-7,9-10,17H,5,8H2,1-4H3/t10-/m1/s1. The fraction of sp³-hybridized carbons (Fsp3) is 0.571. The molecule has 0 saturated heterocycles. The Kier molecular flexibility index (Phi) is 6.67. The number of rotatable bonds is 6. The van der Waals surface area contributed by atoms with Crippen LogP contribution in [0.15, 0.2) is 21.1 Å². The minimum Gasteiger partial charge on any atom is -0.489 e. The average Bonchev–Trinajstić information content (AvgIpc) is 2.29. The Morgan fingerprint density at radius 1 is 1.22 bits per heavy atom. The molecule has 1 atom stereocenters. The van der Waals surface area contributed by atoms with Gasteiger partial charge in [0.1, 0.15) is 5.75 Å². The lowest BCUT2D eigenvalue weighted by atomic mass is 10.1. The number of hydrogen-bond acceptors (Lipinski definition) is 2. The summed E-state index contributed by atoms with van der Waals surface area (Å²) in [5, 5.41) is 3.49. The minimum atomic E-state index is 0.171. The molecular formula is C14H21Br2NO. The Hall–Kier alpha value is -0.0600. The lowest BCUT2D eigenvalue weighted by Crippen LogP contribution is -2.25. The third kappa shape index (κ3) is 4.90. The van der Waals surface area contributed by atoms with Crippen LogP contribution in [0.2, 0.25) is 0 Å². The second kappa shape index (κ2) is 7.51. The van der Waals surface area contributed by atoms with Crippen molar-refractivity contribution in [3.05, 3.63) is 26.6 Å². The summed E-state index contributed by atoms with van der Waals surface area (Å²) in [7, 11) is 0. The van der Waals surface area contributed by atoms with Crippen LogP contribution in [0.4, 0.5) is 0 Å². The lowest BCUT2D eigenvalue weighted by molar-refractivity contribution is 0.237. The van der Waals surface area contributed by atoms with Gasteiger partial charge in [0.05, 0.1) is 10.6 Å². The van der Waals surface area contributed by atoms with Crippen LogP contribution < -0.4 is 10.1 Å². The molecule has 1 rings (SSSR count). The van der Waals surface area contributed by atoms with Crippen LogP contribution in [0.5, 0.6) is 5.75 Å². The van der Waals surface area contributed by atoms with Crippen molar-refractivity contribution < 1.29 is 4.74 Å². The van der Waals surface area contributed by atoms with Crippen LogP contribution in [0.25, 0.3) is 0 Å². The first kappa shape index (κ1) is 16.0. The molecule has 18 heavy (non-hydrogen) atoms. The first-order valence-electron chi connectivity index (χ1n) is 6.32. The monoisotopic (exact) mass is 377 g/mol. The van der Waals surface area contributed by atoms with Crippen LogP contribution in [0, 0.1) is 0 Å². The van der Waals surface area contributed by atoms with Crippen molar-refractivity contribution in [2.45, 2.75) is 52.8 Å². The van der Waals surface area contributed by atoms with E-state index in [9.17, 15) is 0 Å². The third-order valence-corrected chi connectivity index (χ3v) is 3.74.